The molecule has 1 fully saturated rings. The van der Waals surface area contributed by atoms with Crippen LogP contribution in [0.2, 0.25) is 5.02 Å². The third-order valence-electron chi connectivity index (χ3n) is 4.69. The number of carbonyl (C=O) groups is 1. The van der Waals surface area contributed by atoms with Crippen molar-refractivity contribution in [3.63, 3.8) is 0 Å². The summed E-state index contributed by atoms with van der Waals surface area (Å²) in [6.07, 6.45) is -4.87. The van der Waals surface area contributed by atoms with Crippen molar-refractivity contribution in [2.24, 2.45) is 0 Å². The zero-order valence-electron chi connectivity index (χ0n) is 17.0. The van der Waals surface area contributed by atoms with Crippen LogP contribution in [-0.2, 0) is 17.5 Å². The van der Waals surface area contributed by atoms with E-state index in [1.807, 2.05) is 20.8 Å². The van der Waals surface area contributed by atoms with Crippen LogP contribution in [0.25, 0.3) is 11.1 Å². The molecule has 0 aliphatic carbocycles. The molecule has 8 heteroatoms. The number of carbonyl (C=O) groups excluding carboxylic acids is 1. The molecule has 1 saturated heterocycles. The zero-order valence-corrected chi connectivity index (χ0v) is 17.8. The highest BCUT2D eigenvalue weighted by Crippen LogP contribution is 2.41. The second-order valence-electron chi connectivity index (χ2n) is 8.34. The molecule has 2 aromatic rings. The molecule has 0 unspecified atom stereocenters. The Balaban J connectivity index is 1.73. The molecule has 1 heterocycles. The summed E-state index contributed by atoms with van der Waals surface area (Å²) in [6, 6.07) is 10.6. The maximum absolute atomic E-state index is 13.9. The molecule has 0 radical (unpaired) electrons. The smallest absolute Gasteiger partial charge is 0.370 e. The molecule has 1 aliphatic heterocycles. The molecule has 0 saturated carbocycles. The van der Waals surface area contributed by atoms with Crippen molar-refractivity contribution in [1.29, 1.82) is 0 Å². The first-order valence-electron chi connectivity index (χ1n) is 9.58. The van der Waals surface area contributed by atoms with Crippen molar-refractivity contribution in [3.05, 3.63) is 58.6 Å². The van der Waals surface area contributed by atoms with Crippen molar-refractivity contribution in [3.8, 4) is 11.1 Å². The van der Waals surface area contributed by atoms with Crippen LogP contribution in [0.5, 0.6) is 0 Å². The number of amides is 2. The number of ether oxygens (including phenoxy) is 1. The van der Waals surface area contributed by atoms with Crippen LogP contribution in [0, 0.1) is 0 Å². The number of urea groups is 1. The van der Waals surface area contributed by atoms with E-state index in [1.165, 1.54) is 12.1 Å². The summed E-state index contributed by atoms with van der Waals surface area (Å²) >= 11 is 6.14. The van der Waals surface area contributed by atoms with Gasteiger partial charge in [-0.3, -0.25) is 0 Å². The average Bonchev–Trinajstić information content (AvgIpc) is 2.58. The highest BCUT2D eigenvalue weighted by molar-refractivity contribution is 6.33. The Hall–Kier alpha value is -2.25. The number of hydrogen-bond donors (Lipinski definition) is 1. The standard InChI is InChI=1S/C22H24ClF3N2O2/c1-21(2,3)27-20(29)28-11-15(12-28)30-13-14-7-6-9-17(19(14)22(24,25)26)16-8-4-5-10-18(16)23/h4-10,15H,11-13H2,1-3H3,(H,27,29). The Labute approximate surface area is 179 Å². The number of nitrogens with one attached hydrogen (secondary N) is 1. The van der Waals surface area contributed by atoms with E-state index in [9.17, 15) is 18.0 Å². The van der Waals surface area contributed by atoms with E-state index in [1.54, 1.807) is 35.2 Å². The molecule has 4 nitrogen and oxygen atoms in total. The molecule has 3 rings (SSSR count). The fourth-order valence-corrected chi connectivity index (χ4v) is 3.51. The minimum atomic E-state index is -4.56. The lowest BCUT2D eigenvalue weighted by Crippen LogP contribution is -2.60. The Bertz CT molecular complexity index is 919. The average molecular weight is 441 g/mol. The molecule has 1 aliphatic rings. The Morgan fingerprint density at radius 1 is 1.10 bits per heavy atom. The Kier molecular flexibility index (Phi) is 6.34. The van der Waals surface area contributed by atoms with Gasteiger partial charge in [-0.25, -0.2) is 4.79 Å². The van der Waals surface area contributed by atoms with Gasteiger partial charge in [0.2, 0.25) is 0 Å². The summed E-state index contributed by atoms with van der Waals surface area (Å²) < 4.78 is 47.4. The maximum Gasteiger partial charge on any atom is 0.417 e. The van der Waals surface area contributed by atoms with Crippen LogP contribution in [-0.4, -0.2) is 35.7 Å². The molecule has 30 heavy (non-hydrogen) atoms. The first-order chi connectivity index (χ1) is 14.0. The minimum absolute atomic E-state index is 0.0222. The SMILES string of the molecule is CC(C)(C)NC(=O)N1CC(OCc2cccc(-c3ccccc3Cl)c2C(F)(F)F)C1. The second kappa shape index (κ2) is 8.47. The maximum atomic E-state index is 13.9. The summed E-state index contributed by atoms with van der Waals surface area (Å²) in [4.78, 5) is 13.6. The molecule has 0 aromatic heterocycles. The lowest BCUT2D eigenvalue weighted by molar-refractivity contribution is -0.139. The number of rotatable bonds is 4. The molecule has 2 amide bonds. The molecule has 1 N–H and O–H groups in total. The third-order valence-corrected chi connectivity index (χ3v) is 5.02. The first kappa shape index (κ1) is 22.4. The molecule has 0 bridgehead atoms. The van der Waals surface area contributed by atoms with Gasteiger partial charge < -0.3 is 15.0 Å². The van der Waals surface area contributed by atoms with E-state index in [0.717, 1.165) is 0 Å². The van der Waals surface area contributed by atoms with Gasteiger partial charge in [-0.2, -0.15) is 13.2 Å². The highest BCUT2D eigenvalue weighted by Gasteiger charge is 2.38. The monoisotopic (exact) mass is 440 g/mol. The molecule has 2 aromatic carbocycles. The van der Waals surface area contributed by atoms with Crippen LogP contribution >= 0.6 is 11.6 Å². The summed E-state index contributed by atoms with van der Waals surface area (Å²) in [5.74, 6) is 0. The van der Waals surface area contributed by atoms with Crippen molar-refractivity contribution in [2.45, 2.75) is 45.2 Å². The van der Waals surface area contributed by atoms with Gasteiger partial charge in [0, 0.05) is 16.1 Å². The van der Waals surface area contributed by atoms with Crippen molar-refractivity contribution in [2.75, 3.05) is 13.1 Å². The molecular weight excluding hydrogens is 417 g/mol. The van der Waals surface area contributed by atoms with Crippen LogP contribution in [0.1, 0.15) is 31.9 Å². The summed E-state index contributed by atoms with van der Waals surface area (Å²) in [6.45, 7) is 6.11. The number of alkyl halides is 3. The van der Waals surface area contributed by atoms with Gasteiger partial charge in [0.1, 0.15) is 0 Å². The van der Waals surface area contributed by atoms with E-state index in [-0.39, 0.29) is 40.4 Å². The third kappa shape index (κ3) is 5.26. The Morgan fingerprint density at radius 3 is 2.33 bits per heavy atom. The summed E-state index contributed by atoms with van der Waals surface area (Å²) in [5.41, 5.74) is -0.725. The first-order valence-corrected chi connectivity index (χ1v) is 9.96. The predicted molar refractivity (Wildman–Crippen MR) is 110 cm³/mol. The van der Waals surface area contributed by atoms with Gasteiger partial charge in [0.25, 0.3) is 0 Å². The molecule has 162 valence electrons. The van der Waals surface area contributed by atoms with Crippen molar-refractivity contribution in [1.82, 2.24) is 10.2 Å². The quantitative estimate of drug-likeness (QED) is 0.659. The Morgan fingerprint density at radius 2 is 1.73 bits per heavy atom. The number of benzene rings is 2. The number of likely N-dealkylation sites (tertiary alicyclic amines) is 1. The van der Waals surface area contributed by atoms with Gasteiger partial charge >= 0.3 is 12.2 Å². The lowest BCUT2D eigenvalue weighted by Gasteiger charge is -2.40. The number of nitrogens with zero attached hydrogens (tertiary/aromatic N) is 1. The number of hydrogen-bond acceptors (Lipinski definition) is 2. The van der Waals surface area contributed by atoms with E-state index < -0.39 is 11.7 Å². The largest absolute Gasteiger partial charge is 0.417 e. The van der Waals surface area contributed by atoms with Gasteiger partial charge in [0.05, 0.1) is 31.4 Å². The fraction of sp³-hybridized carbons (Fsp3) is 0.409. The van der Waals surface area contributed by atoms with Gasteiger partial charge in [-0.15, -0.1) is 0 Å². The van der Waals surface area contributed by atoms with Crippen molar-refractivity contribution >= 4 is 17.6 Å². The van der Waals surface area contributed by atoms with E-state index >= 15 is 0 Å². The zero-order chi connectivity index (χ0) is 22.1. The topological polar surface area (TPSA) is 41.6 Å². The normalized spacial score (nSPS) is 15.1. The molecule has 0 atom stereocenters. The van der Waals surface area contributed by atoms with Crippen LogP contribution in [0.3, 0.4) is 0 Å². The number of halogens is 4. The van der Waals surface area contributed by atoms with Crippen LogP contribution in [0.4, 0.5) is 18.0 Å². The fourth-order valence-electron chi connectivity index (χ4n) is 3.28. The predicted octanol–water partition coefficient (Wildman–Crippen LogP) is 5.73. The highest BCUT2D eigenvalue weighted by atomic mass is 35.5. The minimum Gasteiger partial charge on any atom is -0.370 e. The van der Waals surface area contributed by atoms with E-state index in [0.29, 0.717) is 18.7 Å². The van der Waals surface area contributed by atoms with Gasteiger partial charge in [-0.05, 0) is 38.0 Å². The van der Waals surface area contributed by atoms with Gasteiger partial charge in [0.15, 0.2) is 0 Å². The molecule has 0 spiro atoms. The summed E-state index contributed by atoms with van der Waals surface area (Å²) in [5, 5.41) is 3.10. The summed E-state index contributed by atoms with van der Waals surface area (Å²) in [7, 11) is 0. The lowest BCUT2D eigenvalue weighted by atomic mass is 9.95. The van der Waals surface area contributed by atoms with Crippen LogP contribution < -0.4 is 5.32 Å². The van der Waals surface area contributed by atoms with E-state index in [4.69, 9.17) is 16.3 Å². The van der Waals surface area contributed by atoms with E-state index in [2.05, 4.69) is 5.32 Å². The van der Waals surface area contributed by atoms with Crippen molar-refractivity contribution < 1.29 is 22.7 Å². The molecular formula is C22H24ClF3N2O2. The van der Waals surface area contributed by atoms with Gasteiger partial charge in [-0.1, -0.05) is 48.0 Å². The van der Waals surface area contributed by atoms with Crippen LogP contribution in [0.15, 0.2) is 42.5 Å². The second-order valence-corrected chi connectivity index (χ2v) is 8.74.